The fraction of sp³-hybridized carbons (Fsp3) is 0.125. The van der Waals surface area contributed by atoms with E-state index < -0.39 is 5.97 Å². The standard InChI is InChI=1S/C16H15NO4/c1-2-21-13-9-11(16(19)20)8-12(17)14(13)15(18)10-6-4-3-5-7-10/h3-9H,2,17H2,1H3,(H,19,20). The molecule has 0 saturated carbocycles. The number of ether oxygens (including phenoxy) is 1. The van der Waals surface area contributed by atoms with E-state index in [1.807, 2.05) is 0 Å². The van der Waals surface area contributed by atoms with Gasteiger partial charge in [-0.25, -0.2) is 4.79 Å². The number of nitrogens with two attached hydrogens (primary N) is 1. The molecule has 2 aromatic rings. The van der Waals surface area contributed by atoms with E-state index >= 15 is 0 Å². The first-order chi connectivity index (χ1) is 10.0. The molecule has 0 bridgehead atoms. The number of anilines is 1. The Labute approximate surface area is 122 Å². The Morgan fingerprint density at radius 2 is 1.81 bits per heavy atom. The Bertz CT molecular complexity index is 680. The van der Waals surface area contributed by atoms with Crippen LogP contribution >= 0.6 is 0 Å². The summed E-state index contributed by atoms with van der Waals surface area (Å²) in [6.45, 7) is 2.05. The van der Waals surface area contributed by atoms with Crippen molar-refractivity contribution in [1.29, 1.82) is 0 Å². The van der Waals surface area contributed by atoms with Crippen LogP contribution in [-0.4, -0.2) is 23.5 Å². The molecule has 0 radical (unpaired) electrons. The minimum atomic E-state index is -1.12. The number of carbonyl (C=O) groups is 2. The molecule has 108 valence electrons. The van der Waals surface area contributed by atoms with Gasteiger partial charge in [-0.2, -0.15) is 0 Å². The van der Waals surface area contributed by atoms with Crippen LogP contribution in [0.25, 0.3) is 0 Å². The summed E-state index contributed by atoms with van der Waals surface area (Å²) in [5, 5.41) is 9.05. The number of carboxylic acids is 1. The fourth-order valence-electron chi connectivity index (χ4n) is 2.01. The molecule has 2 aromatic carbocycles. The molecule has 0 aliphatic carbocycles. The van der Waals surface area contributed by atoms with E-state index in [2.05, 4.69) is 0 Å². The van der Waals surface area contributed by atoms with Gasteiger partial charge in [-0.15, -0.1) is 0 Å². The van der Waals surface area contributed by atoms with Gasteiger partial charge in [0.2, 0.25) is 0 Å². The number of ketones is 1. The third kappa shape index (κ3) is 3.02. The van der Waals surface area contributed by atoms with Gasteiger partial charge in [-0.1, -0.05) is 30.3 Å². The van der Waals surface area contributed by atoms with Crippen LogP contribution in [0.1, 0.15) is 33.2 Å². The number of hydrogen-bond donors (Lipinski definition) is 2. The van der Waals surface area contributed by atoms with Crippen molar-refractivity contribution in [1.82, 2.24) is 0 Å². The summed E-state index contributed by atoms with van der Waals surface area (Å²) in [5.41, 5.74) is 6.59. The summed E-state index contributed by atoms with van der Waals surface area (Å²) in [4.78, 5) is 23.6. The van der Waals surface area contributed by atoms with E-state index in [9.17, 15) is 9.59 Å². The van der Waals surface area contributed by atoms with Gasteiger partial charge in [0.1, 0.15) is 5.75 Å². The first-order valence-electron chi connectivity index (χ1n) is 6.44. The van der Waals surface area contributed by atoms with E-state index in [0.29, 0.717) is 12.2 Å². The lowest BCUT2D eigenvalue weighted by Gasteiger charge is -2.13. The maximum absolute atomic E-state index is 12.5. The van der Waals surface area contributed by atoms with Crippen molar-refractivity contribution < 1.29 is 19.4 Å². The summed E-state index contributed by atoms with van der Waals surface area (Å²) < 4.78 is 5.39. The van der Waals surface area contributed by atoms with Gasteiger partial charge in [0.05, 0.1) is 17.7 Å². The number of hydrogen-bond acceptors (Lipinski definition) is 4. The van der Waals surface area contributed by atoms with Crippen LogP contribution in [0.5, 0.6) is 5.75 Å². The monoisotopic (exact) mass is 285 g/mol. The fourth-order valence-corrected chi connectivity index (χ4v) is 2.01. The molecule has 2 rings (SSSR count). The summed E-state index contributed by atoms with van der Waals surface area (Å²) in [5.74, 6) is -1.24. The maximum Gasteiger partial charge on any atom is 0.335 e. The molecule has 21 heavy (non-hydrogen) atoms. The largest absolute Gasteiger partial charge is 0.493 e. The highest BCUT2D eigenvalue weighted by Crippen LogP contribution is 2.29. The molecule has 0 aliphatic rings. The summed E-state index contributed by atoms with van der Waals surface area (Å²) >= 11 is 0. The van der Waals surface area contributed by atoms with Crippen molar-refractivity contribution in [3.63, 3.8) is 0 Å². The summed E-state index contributed by atoms with van der Waals surface area (Å²) in [7, 11) is 0. The van der Waals surface area contributed by atoms with Gasteiger partial charge in [0, 0.05) is 11.3 Å². The Morgan fingerprint density at radius 1 is 1.14 bits per heavy atom. The lowest BCUT2D eigenvalue weighted by molar-refractivity contribution is 0.0696. The van der Waals surface area contributed by atoms with Crippen molar-refractivity contribution in [3.05, 3.63) is 59.2 Å². The average Bonchev–Trinajstić information content (AvgIpc) is 2.47. The molecule has 0 amide bonds. The molecular weight excluding hydrogens is 270 g/mol. The van der Waals surface area contributed by atoms with Gasteiger partial charge in [-0.3, -0.25) is 4.79 Å². The predicted octanol–water partition coefficient (Wildman–Crippen LogP) is 2.60. The maximum atomic E-state index is 12.5. The minimum Gasteiger partial charge on any atom is -0.493 e. The smallest absolute Gasteiger partial charge is 0.335 e. The Balaban J connectivity index is 2.57. The van der Waals surface area contributed by atoms with Crippen molar-refractivity contribution in [2.24, 2.45) is 0 Å². The third-order valence-corrected chi connectivity index (χ3v) is 2.94. The van der Waals surface area contributed by atoms with Gasteiger partial charge in [-0.05, 0) is 19.1 Å². The molecule has 0 aliphatic heterocycles. The molecule has 0 aromatic heterocycles. The van der Waals surface area contributed by atoms with Crippen LogP contribution in [0.4, 0.5) is 5.69 Å². The molecule has 0 fully saturated rings. The zero-order valence-corrected chi connectivity index (χ0v) is 11.5. The number of nitrogen functional groups attached to an aromatic ring is 1. The van der Waals surface area contributed by atoms with E-state index in [1.165, 1.54) is 12.1 Å². The Hall–Kier alpha value is -2.82. The van der Waals surface area contributed by atoms with Crippen molar-refractivity contribution in [2.75, 3.05) is 12.3 Å². The molecular formula is C16H15NO4. The summed E-state index contributed by atoms with van der Waals surface area (Å²) in [6.07, 6.45) is 0. The van der Waals surface area contributed by atoms with Crippen LogP contribution in [0, 0.1) is 0 Å². The molecule has 0 atom stereocenters. The number of aromatic carboxylic acids is 1. The quantitative estimate of drug-likeness (QED) is 0.651. The Kier molecular flexibility index (Phi) is 4.23. The molecule has 0 heterocycles. The van der Waals surface area contributed by atoms with E-state index in [-0.39, 0.29) is 28.3 Å². The SMILES string of the molecule is CCOc1cc(C(=O)O)cc(N)c1C(=O)c1ccccc1. The molecule has 0 unspecified atom stereocenters. The van der Waals surface area contributed by atoms with Crippen LogP contribution in [-0.2, 0) is 0 Å². The highest BCUT2D eigenvalue weighted by atomic mass is 16.5. The molecule has 5 nitrogen and oxygen atoms in total. The third-order valence-electron chi connectivity index (χ3n) is 2.94. The number of benzene rings is 2. The number of rotatable bonds is 5. The molecule has 0 saturated heterocycles. The first-order valence-corrected chi connectivity index (χ1v) is 6.44. The van der Waals surface area contributed by atoms with Gasteiger partial charge < -0.3 is 15.6 Å². The van der Waals surface area contributed by atoms with Crippen LogP contribution in [0.15, 0.2) is 42.5 Å². The second-order valence-corrected chi connectivity index (χ2v) is 4.37. The normalized spacial score (nSPS) is 10.1. The number of carboxylic acid groups (broad SMARTS) is 1. The molecule has 0 spiro atoms. The lowest BCUT2D eigenvalue weighted by atomic mass is 9.99. The van der Waals surface area contributed by atoms with Gasteiger partial charge in [0.15, 0.2) is 5.78 Å². The van der Waals surface area contributed by atoms with Crippen LogP contribution in [0.3, 0.4) is 0 Å². The van der Waals surface area contributed by atoms with E-state index in [1.54, 1.807) is 37.3 Å². The van der Waals surface area contributed by atoms with Gasteiger partial charge in [0.25, 0.3) is 0 Å². The van der Waals surface area contributed by atoms with Crippen molar-refractivity contribution >= 4 is 17.4 Å². The highest BCUT2D eigenvalue weighted by molar-refractivity contribution is 6.14. The van der Waals surface area contributed by atoms with Crippen LogP contribution in [0.2, 0.25) is 0 Å². The zero-order chi connectivity index (χ0) is 15.4. The van der Waals surface area contributed by atoms with Gasteiger partial charge >= 0.3 is 5.97 Å². The second kappa shape index (κ2) is 6.09. The zero-order valence-electron chi connectivity index (χ0n) is 11.5. The van der Waals surface area contributed by atoms with Crippen molar-refractivity contribution in [3.8, 4) is 5.75 Å². The minimum absolute atomic E-state index is 0.0134. The first kappa shape index (κ1) is 14.6. The molecule has 5 heteroatoms. The van der Waals surface area contributed by atoms with E-state index in [0.717, 1.165) is 0 Å². The molecule has 3 N–H and O–H groups in total. The van der Waals surface area contributed by atoms with Crippen LogP contribution < -0.4 is 10.5 Å². The number of carbonyl (C=O) groups excluding carboxylic acids is 1. The topological polar surface area (TPSA) is 89.6 Å². The van der Waals surface area contributed by atoms with E-state index in [4.69, 9.17) is 15.6 Å². The Morgan fingerprint density at radius 3 is 2.38 bits per heavy atom. The predicted molar refractivity (Wildman–Crippen MR) is 78.9 cm³/mol. The average molecular weight is 285 g/mol. The summed E-state index contributed by atoms with van der Waals surface area (Å²) in [6, 6.07) is 11.2. The lowest BCUT2D eigenvalue weighted by Crippen LogP contribution is -2.11. The van der Waals surface area contributed by atoms with Crippen molar-refractivity contribution in [2.45, 2.75) is 6.92 Å². The second-order valence-electron chi connectivity index (χ2n) is 4.37. The highest BCUT2D eigenvalue weighted by Gasteiger charge is 2.20.